The van der Waals surface area contributed by atoms with Crippen molar-refractivity contribution in [3.05, 3.63) is 4.77 Å². The van der Waals surface area contributed by atoms with E-state index in [9.17, 15) is 4.79 Å². The van der Waals surface area contributed by atoms with Gasteiger partial charge in [0.05, 0.1) is 0 Å². The summed E-state index contributed by atoms with van der Waals surface area (Å²) in [6, 6.07) is 0. The number of nitrogens with one attached hydrogen (secondary N) is 2. The molecule has 0 unspecified atom stereocenters. The Kier molecular flexibility index (Phi) is 1.90. The minimum Gasteiger partial charge on any atom is -0.366 e. The molecule has 6 nitrogen and oxygen atoms in total. The zero-order valence-corrected chi connectivity index (χ0v) is 6.60. The standard InChI is InChI=1S/C4H7N5OS/c1-2(10)8-9-3(5)6-7-4(9)11/h1H3,(H2,5,6)(H,7,11)(H,8,10). The van der Waals surface area contributed by atoms with Crippen molar-refractivity contribution in [1.82, 2.24) is 14.9 Å². The largest absolute Gasteiger partial charge is 0.366 e. The fraction of sp³-hybridized carbons (Fsp3) is 0.250. The SMILES string of the molecule is CC(=O)Nn1c(N)n[nH]c1=S. The number of hydrogen-bond acceptors (Lipinski definition) is 4. The van der Waals surface area contributed by atoms with Crippen LogP contribution in [0.2, 0.25) is 0 Å². The molecule has 1 aromatic rings. The highest BCUT2D eigenvalue weighted by Gasteiger charge is 2.00. The number of rotatable bonds is 1. The Labute approximate surface area is 67.4 Å². The first kappa shape index (κ1) is 7.73. The van der Waals surface area contributed by atoms with Gasteiger partial charge in [0.25, 0.3) is 0 Å². The lowest BCUT2D eigenvalue weighted by atomic mass is 10.8. The second-order valence-corrected chi connectivity index (χ2v) is 2.28. The van der Waals surface area contributed by atoms with Crippen molar-refractivity contribution in [1.29, 1.82) is 0 Å². The quantitative estimate of drug-likeness (QED) is 0.505. The van der Waals surface area contributed by atoms with Gasteiger partial charge in [0, 0.05) is 6.92 Å². The van der Waals surface area contributed by atoms with Crippen LogP contribution >= 0.6 is 12.2 Å². The fourth-order valence-electron chi connectivity index (χ4n) is 0.575. The Morgan fingerprint density at radius 3 is 2.91 bits per heavy atom. The molecule has 1 heterocycles. The van der Waals surface area contributed by atoms with Crippen LogP contribution in [-0.4, -0.2) is 20.8 Å². The highest BCUT2D eigenvalue weighted by Crippen LogP contribution is 1.93. The predicted octanol–water partition coefficient (Wildman–Crippen LogP) is -0.387. The molecule has 0 aliphatic rings. The van der Waals surface area contributed by atoms with Crippen LogP contribution in [0.25, 0.3) is 0 Å². The third-order valence-electron chi connectivity index (χ3n) is 0.968. The maximum atomic E-state index is 10.5. The lowest BCUT2D eigenvalue weighted by molar-refractivity contribution is -0.115. The molecule has 0 fully saturated rings. The number of anilines is 1. The summed E-state index contributed by atoms with van der Waals surface area (Å²) in [5.74, 6) is -0.126. The summed E-state index contributed by atoms with van der Waals surface area (Å²) in [4.78, 5) is 10.5. The van der Waals surface area contributed by atoms with Gasteiger partial charge >= 0.3 is 0 Å². The topological polar surface area (TPSA) is 88.7 Å². The lowest BCUT2D eigenvalue weighted by Gasteiger charge is -2.00. The number of hydrogen-bond donors (Lipinski definition) is 3. The van der Waals surface area contributed by atoms with Crippen molar-refractivity contribution < 1.29 is 4.79 Å². The van der Waals surface area contributed by atoms with Crippen LogP contribution in [0.3, 0.4) is 0 Å². The average molecular weight is 173 g/mol. The van der Waals surface area contributed by atoms with Gasteiger partial charge < -0.3 is 5.73 Å². The highest BCUT2D eigenvalue weighted by molar-refractivity contribution is 7.71. The molecule has 0 spiro atoms. The molecule has 4 N–H and O–H groups in total. The van der Waals surface area contributed by atoms with Gasteiger partial charge in [-0.05, 0) is 12.2 Å². The summed E-state index contributed by atoms with van der Waals surface area (Å²) < 4.78 is 1.45. The zero-order chi connectivity index (χ0) is 8.43. The molecule has 0 aliphatic carbocycles. The summed E-state index contributed by atoms with van der Waals surface area (Å²) in [6.07, 6.45) is 0. The van der Waals surface area contributed by atoms with Crippen molar-refractivity contribution in [3.8, 4) is 0 Å². The predicted molar refractivity (Wildman–Crippen MR) is 41.9 cm³/mol. The summed E-state index contributed by atoms with van der Waals surface area (Å²) in [5, 5.41) is 6.00. The Bertz CT molecular complexity index is 325. The van der Waals surface area contributed by atoms with E-state index in [2.05, 4.69) is 15.6 Å². The number of aromatic amines is 1. The van der Waals surface area contributed by atoms with Gasteiger partial charge in [-0.25, -0.2) is 5.10 Å². The Balaban J connectivity index is 3.01. The van der Waals surface area contributed by atoms with E-state index in [4.69, 9.17) is 18.0 Å². The van der Waals surface area contributed by atoms with Crippen molar-refractivity contribution >= 4 is 24.1 Å². The number of H-pyrrole nitrogens is 1. The molecular weight excluding hydrogens is 166 g/mol. The molecule has 11 heavy (non-hydrogen) atoms. The summed E-state index contributed by atoms with van der Waals surface area (Å²) in [6.45, 7) is 1.36. The van der Waals surface area contributed by atoms with E-state index in [1.54, 1.807) is 0 Å². The van der Waals surface area contributed by atoms with Crippen molar-refractivity contribution in [2.75, 3.05) is 11.2 Å². The first-order valence-corrected chi connectivity index (χ1v) is 3.22. The van der Waals surface area contributed by atoms with E-state index in [1.807, 2.05) is 0 Å². The molecule has 1 aromatic heterocycles. The molecular formula is C4H7N5OS. The molecule has 1 amide bonds. The van der Waals surface area contributed by atoms with Gasteiger partial charge in [0.1, 0.15) is 0 Å². The third kappa shape index (κ3) is 1.55. The van der Waals surface area contributed by atoms with Gasteiger partial charge in [-0.1, -0.05) is 0 Å². The molecule has 0 bridgehead atoms. The summed E-state index contributed by atoms with van der Waals surface area (Å²) in [7, 11) is 0. The molecule has 0 aromatic carbocycles. The number of aromatic nitrogens is 3. The van der Waals surface area contributed by atoms with Gasteiger partial charge in [-0.3, -0.25) is 10.2 Å². The van der Waals surface area contributed by atoms with Crippen LogP contribution in [0.4, 0.5) is 5.95 Å². The molecule has 0 atom stereocenters. The summed E-state index contributed by atoms with van der Waals surface area (Å²) >= 11 is 4.74. The summed E-state index contributed by atoms with van der Waals surface area (Å²) in [5.41, 5.74) is 7.71. The van der Waals surface area contributed by atoms with E-state index in [0.717, 1.165) is 0 Å². The minimum atomic E-state index is -0.255. The number of nitrogens with two attached hydrogens (primary N) is 1. The lowest BCUT2D eigenvalue weighted by Crippen LogP contribution is -2.21. The molecule has 0 radical (unpaired) electrons. The molecule has 0 saturated heterocycles. The first-order valence-electron chi connectivity index (χ1n) is 2.81. The van der Waals surface area contributed by atoms with Crippen molar-refractivity contribution in [2.24, 2.45) is 0 Å². The van der Waals surface area contributed by atoms with E-state index in [0.29, 0.717) is 0 Å². The number of nitrogen functional groups attached to an aromatic ring is 1. The number of amides is 1. The molecule has 1 rings (SSSR count). The smallest absolute Gasteiger partial charge is 0.239 e. The normalized spacial score (nSPS) is 9.55. The first-order chi connectivity index (χ1) is 5.11. The maximum absolute atomic E-state index is 10.5. The Morgan fingerprint density at radius 2 is 2.55 bits per heavy atom. The zero-order valence-electron chi connectivity index (χ0n) is 5.79. The third-order valence-corrected chi connectivity index (χ3v) is 1.24. The van der Waals surface area contributed by atoms with Crippen molar-refractivity contribution in [3.63, 3.8) is 0 Å². The second-order valence-electron chi connectivity index (χ2n) is 1.89. The Hall–Kier alpha value is -1.37. The maximum Gasteiger partial charge on any atom is 0.239 e. The van der Waals surface area contributed by atoms with E-state index < -0.39 is 0 Å². The van der Waals surface area contributed by atoms with Gasteiger partial charge in [-0.2, -0.15) is 4.68 Å². The molecule has 7 heteroatoms. The Morgan fingerprint density at radius 1 is 1.91 bits per heavy atom. The molecule has 0 saturated carbocycles. The van der Waals surface area contributed by atoms with Gasteiger partial charge in [0.2, 0.25) is 16.6 Å². The van der Waals surface area contributed by atoms with Gasteiger partial charge in [0.15, 0.2) is 0 Å². The highest BCUT2D eigenvalue weighted by atomic mass is 32.1. The van der Waals surface area contributed by atoms with Crippen LogP contribution in [0.5, 0.6) is 0 Å². The number of carbonyl (C=O) groups is 1. The van der Waals surface area contributed by atoms with E-state index in [-0.39, 0.29) is 16.6 Å². The fourth-order valence-corrected chi connectivity index (χ4v) is 0.759. The van der Waals surface area contributed by atoms with Crippen LogP contribution in [0.1, 0.15) is 6.92 Å². The molecule has 0 aliphatic heterocycles. The van der Waals surface area contributed by atoms with Gasteiger partial charge in [-0.15, -0.1) is 5.10 Å². The number of carbonyl (C=O) groups excluding carboxylic acids is 1. The van der Waals surface area contributed by atoms with Crippen molar-refractivity contribution in [2.45, 2.75) is 6.92 Å². The van der Waals surface area contributed by atoms with Crippen LogP contribution < -0.4 is 11.2 Å². The minimum absolute atomic E-state index is 0.130. The van der Waals surface area contributed by atoms with Crippen LogP contribution in [-0.2, 0) is 4.79 Å². The van der Waals surface area contributed by atoms with Crippen LogP contribution in [0.15, 0.2) is 0 Å². The molecule has 60 valence electrons. The van der Waals surface area contributed by atoms with Crippen LogP contribution in [0, 0.1) is 4.77 Å². The monoisotopic (exact) mass is 173 g/mol. The number of nitrogens with zero attached hydrogens (tertiary/aromatic N) is 2. The van der Waals surface area contributed by atoms with E-state index in [1.165, 1.54) is 11.6 Å². The van der Waals surface area contributed by atoms with E-state index >= 15 is 0 Å². The second kappa shape index (κ2) is 2.70. The average Bonchev–Trinajstić information content (AvgIpc) is 2.18.